The summed E-state index contributed by atoms with van der Waals surface area (Å²) < 4.78 is 1.89. The molecule has 1 aliphatic carbocycles. The van der Waals surface area contributed by atoms with Gasteiger partial charge in [0.15, 0.2) is 5.65 Å². The van der Waals surface area contributed by atoms with E-state index in [0.717, 1.165) is 30.6 Å². The summed E-state index contributed by atoms with van der Waals surface area (Å²) in [4.78, 5) is 7.02. The average Bonchev–Trinajstić information content (AvgIpc) is 3.23. The van der Waals surface area contributed by atoms with Gasteiger partial charge in [-0.2, -0.15) is 4.98 Å². The Labute approximate surface area is 125 Å². The van der Waals surface area contributed by atoms with Crippen LogP contribution in [0.1, 0.15) is 31.2 Å². The van der Waals surface area contributed by atoms with Gasteiger partial charge in [0.25, 0.3) is 0 Å². The molecule has 0 bridgehead atoms. The quantitative estimate of drug-likeness (QED) is 0.933. The van der Waals surface area contributed by atoms with E-state index in [4.69, 9.17) is 4.98 Å². The fraction of sp³-hybridized carbons (Fsp3) is 0.625. The second-order valence-electron chi connectivity index (χ2n) is 6.48. The number of fused-ring (bicyclic) bond motifs is 1. The average molecular weight is 285 g/mol. The topological polar surface area (TPSA) is 45.5 Å². The van der Waals surface area contributed by atoms with E-state index in [-0.39, 0.29) is 0 Å². The Kier molecular flexibility index (Phi) is 3.30. The maximum Gasteiger partial charge on any atom is 0.245 e. The molecule has 0 radical (unpaired) electrons. The van der Waals surface area contributed by atoms with E-state index < -0.39 is 0 Å². The molecule has 4 rings (SSSR count). The van der Waals surface area contributed by atoms with Crippen LogP contribution in [0, 0.1) is 12.8 Å². The molecule has 0 unspecified atom stereocenters. The van der Waals surface area contributed by atoms with Gasteiger partial charge < -0.3 is 10.2 Å². The number of nitrogens with zero attached hydrogens (tertiary/aromatic N) is 4. The zero-order chi connectivity index (χ0) is 14.2. The molecule has 112 valence electrons. The molecule has 1 saturated heterocycles. The highest BCUT2D eigenvalue weighted by molar-refractivity contribution is 5.50. The predicted molar refractivity (Wildman–Crippen MR) is 83.7 cm³/mol. The van der Waals surface area contributed by atoms with Crippen molar-refractivity contribution in [2.75, 3.05) is 24.5 Å². The molecule has 0 aromatic carbocycles. The van der Waals surface area contributed by atoms with Crippen molar-refractivity contribution in [3.8, 4) is 0 Å². The Bertz CT molecular complexity index is 623. The van der Waals surface area contributed by atoms with Gasteiger partial charge >= 0.3 is 0 Å². The summed E-state index contributed by atoms with van der Waals surface area (Å²) in [6.45, 7) is 5.41. The molecule has 5 heteroatoms. The van der Waals surface area contributed by atoms with Crippen LogP contribution in [-0.2, 0) is 0 Å². The smallest absolute Gasteiger partial charge is 0.245 e. The first-order valence-corrected chi connectivity index (χ1v) is 8.10. The molecule has 1 N–H and O–H groups in total. The predicted octanol–water partition coefficient (Wildman–Crippen LogP) is 2.01. The lowest BCUT2D eigenvalue weighted by atomic mass is 10.1. The third-order valence-electron chi connectivity index (χ3n) is 4.72. The van der Waals surface area contributed by atoms with Crippen LogP contribution in [-0.4, -0.2) is 40.3 Å². The third kappa shape index (κ3) is 2.75. The summed E-state index contributed by atoms with van der Waals surface area (Å²) >= 11 is 0. The van der Waals surface area contributed by atoms with Gasteiger partial charge in [-0.05, 0) is 56.7 Å². The first-order chi connectivity index (χ1) is 10.3. The Balaban J connectivity index is 1.41. The van der Waals surface area contributed by atoms with Crippen molar-refractivity contribution in [1.82, 2.24) is 19.9 Å². The molecule has 2 fully saturated rings. The molecular weight excluding hydrogens is 262 g/mol. The molecule has 2 aromatic rings. The van der Waals surface area contributed by atoms with Crippen LogP contribution < -0.4 is 10.2 Å². The summed E-state index contributed by atoms with van der Waals surface area (Å²) in [7, 11) is 0. The Morgan fingerprint density at radius 3 is 2.76 bits per heavy atom. The minimum absolute atomic E-state index is 0.681. The molecule has 1 saturated carbocycles. The minimum atomic E-state index is 0.681. The summed E-state index contributed by atoms with van der Waals surface area (Å²) in [5.41, 5.74) is 2.15. The number of hydrogen-bond donors (Lipinski definition) is 1. The SMILES string of the molecule is Cc1cccn2nc(N3CCC(NCC4CC4)CC3)nc12. The molecule has 3 heterocycles. The third-order valence-corrected chi connectivity index (χ3v) is 4.72. The highest BCUT2D eigenvalue weighted by Gasteiger charge is 2.25. The van der Waals surface area contributed by atoms with Gasteiger partial charge in [0.1, 0.15) is 0 Å². The lowest BCUT2D eigenvalue weighted by molar-refractivity contribution is 0.406. The number of rotatable bonds is 4. The molecule has 1 aliphatic heterocycles. The fourth-order valence-corrected chi connectivity index (χ4v) is 3.10. The first kappa shape index (κ1) is 13.1. The van der Waals surface area contributed by atoms with Gasteiger partial charge in [-0.25, -0.2) is 4.52 Å². The van der Waals surface area contributed by atoms with Gasteiger partial charge in [0, 0.05) is 25.3 Å². The molecular formula is C16H23N5. The van der Waals surface area contributed by atoms with Crippen LogP contribution in [0.3, 0.4) is 0 Å². The van der Waals surface area contributed by atoms with E-state index >= 15 is 0 Å². The van der Waals surface area contributed by atoms with Crippen molar-refractivity contribution in [3.63, 3.8) is 0 Å². The molecule has 0 spiro atoms. The van der Waals surface area contributed by atoms with Crippen molar-refractivity contribution in [1.29, 1.82) is 0 Å². The normalized spacial score (nSPS) is 20.3. The fourth-order valence-electron chi connectivity index (χ4n) is 3.10. The molecule has 0 amide bonds. The minimum Gasteiger partial charge on any atom is -0.339 e. The lowest BCUT2D eigenvalue weighted by Gasteiger charge is -2.31. The summed E-state index contributed by atoms with van der Waals surface area (Å²) in [6.07, 6.45) is 7.22. The van der Waals surface area contributed by atoms with Crippen LogP contribution in [0.4, 0.5) is 5.95 Å². The number of nitrogens with one attached hydrogen (secondary N) is 1. The number of piperidine rings is 1. The second-order valence-corrected chi connectivity index (χ2v) is 6.48. The zero-order valence-corrected chi connectivity index (χ0v) is 12.6. The van der Waals surface area contributed by atoms with Crippen LogP contribution in [0.25, 0.3) is 5.65 Å². The standard InChI is InChI=1S/C16H23N5/c1-12-3-2-8-21-15(12)18-16(19-21)20-9-6-14(7-10-20)17-11-13-4-5-13/h2-3,8,13-14,17H,4-7,9-11H2,1H3. The highest BCUT2D eigenvalue weighted by atomic mass is 15.4. The first-order valence-electron chi connectivity index (χ1n) is 8.10. The number of pyridine rings is 1. The van der Waals surface area contributed by atoms with Gasteiger partial charge in [-0.15, -0.1) is 5.10 Å². The number of aryl methyl sites for hydroxylation is 1. The van der Waals surface area contributed by atoms with Crippen LogP contribution >= 0.6 is 0 Å². The van der Waals surface area contributed by atoms with E-state index in [1.54, 1.807) is 0 Å². The number of anilines is 1. The summed E-state index contributed by atoms with van der Waals surface area (Å²) in [5, 5.41) is 8.34. The number of aromatic nitrogens is 3. The maximum absolute atomic E-state index is 4.70. The van der Waals surface area contributed by atoms with E-state index in [0.29, 0.717) is 6.04 Å². The van der Waals surface area contributed by atoms with Gasteiger partial charge in [0.2, 0.25) is 5.95 Å². The second kappa shape index (κ2) is 5.30. The summed E-state index contributed by atoms with van der Waals surface area (Å²) in [5.74, 6) is 1.84. The molecule has 0 atom stereocenters. The van der Waals surface area contributed by atoms with Gasteiger partial charge in [-0.1, -0.05) is 6.07 Å². The number of hydrogen-bond acceptors (Lipinski definition) is 4. The van der Waals surface area contributed by atoms with E-state index in [1.807, 2.05) is 16.8 Å². The Hall–Kier alpha value is -1.62. The van der Waals surface area contributed by atoms with Gasteiger partial charge in [-0.3, -0.25) is 0 Å². The monoisotopic (exact) mass is 285 g/mol. The van der Waals surface area contributed by atoms with Crippen molar-refractivity contribution in [3.05, 3.63) is 23.9 Å². The van der Waals surface area contributed by atoms with Gasteiger partial charge in [0.05, 0.1) is 0 Å². The maximum atomic E-state index is 4.70. The Morgan fingerprint density at radius 2 is 2.05 bits per heavy atom. The van der Waals surface area contributed by atoms with Crippen molar-refractivity contribution < 1.29 is 0 Å². The van der Waals surface area contributed by atoms with Crippen LogP contribution in [0.2, 0.25) is 0 Å². The zero-order valence-electron chi connectivity index (χ0n) is 12.6. The lowest BCUT2D eigenvalue weighted by Crippen LogP contribution is -2.43. The molecule has 5 nitrogen and oxygen atoms in total. The van der Waals surface area contributed by atoms with Crippen LogP contribution in [0.5, 0.6) is 0 Å². The van der Waals surface area contributed by atoms with E-state index in [9.17, 15) is 0 Å². The van der Waals surface area contributed by atoms with E-state index in [1.165, 1.54) is 37.8 Å². The van der Waals surface area contributed by atoms with Crippen molar-refractivity contribution >= 4 is 11.6 Å². The summed E-state index contributed by atoms with van der Waals surface area (Å²) in [6, 6.07) is 4.79. The van der Waals surface area contributed by atoms with E-state index in [2.05, 4.69) is 28.3 Å². The van der Waals surface area contributed by atoms with Crippen LogP contribution in [0.15, 0.2) is 18.3 Å². The molecule has 2 aromatic heterocycles. The Morgan fingerprint density at radius 1 is 1.24 bits per heavy atom. The largest absolute Gasteiger partial charge is 0.339 e. The molecule has 21 heavy (non-hydrogen) atoms. The van der Waals surface area contributed by atoms with Crippen molar-refractivity contribution in [2.24, 2.45) is 5.92 Å². The highest BCUT2D eigenvalue weighted by Crippen LogP contribution is 2.28. The van der Waals surface area contributed by atoms with Crippen molar-refractivity contribution in [2.45, 2.75) is 38.6 Å². The molecule has 2 aliphatic rings.